The number of carboxylic acid groups (broad SMARTS) is 1. The number of likely N-dealkylation sites (tertiary alicyclic amines) is 1. The molecule has 1 aliphatic rings. The van der Waals surface area contributed by atoms with Gasteiger partial charge in [-0.15, -0.1) is 12.4 Å². The van der Waals surface area contributed by atoms with Crippen LogP contribution in [0.25, 0.3) is 0 Å². The van der Waals surface area contributed by atoms with Crippen molar-refractivity contribution in [3.05, 3.63) is 63.6 Å². The molecule has 1 atom stereocenters. The second kappa shape index (κ2) is 12.2. The summed E-state index contributed by atoms with van der Waals surface area (Å²) < 4.78 is 5.32. The summed E-state index contributed by atoms with van der Waals surface area (Å²) in [5, 5.41) is 14.6. The van der Waals surface area contributed by atoms with E-state index in [9.17, 15) is 9.90 Å². The van der Waals surface area contributed by atoms with Gasteiger partial charge in [0, 0.05) is 29.2 Å². The summed E-state index contributed by atoms with van der Waals surface area (Å²) in [4.78, 5) is 19.0. The van der Waals surface area contributed by atoms with Crippen LogP contribution >= 0.6 is 35.6 Å². The maximum absolute atomic E-state index is 11.2. The Bertz CT molecular complexity index is 923. The number of carbonyl (C=O) groups is 1. The SMILES string of the molecule is COc1cccc(C(=NOCCN2CCC[C@@H](C(=O)O)C2)c2ccc(Cl)cc2Cl)c1.Cl. The number of halogens is 3. The zero-order chi connectivity index (χ0) is 21.5. The molecule has 0 saturated carbocycles. The van der Waals surface area contributed by atoms with Gasteiger partial charge in [-0.3, -0.25) is 9.69 Å². The molecule has 2 aromatic carbocycles. The summed E-state index contributed by atoms with van der Waals surface area (Å²) in [6, 6.07) is 12.7. The van der Waals surface area contributed by atoms with Crippen molar-refractivity contribution in [2.45, 2.75) is 12.8 Å². The van der Waals surface area contributed by atoms with Gasteiger partial charge >= 0.3 is 5.97 Å². The molecule has 6 nitrogen and oxygen atoms in total. The van der Waals surface area contributed by atoms with Crippen LogP contribution in [-0.4, -0.2) is 55.0 Å². The molecule has 0 spiro atoms. The molecular weight excluding hydrogens is 463 g/mol. The second-order valence-corrected chi connectivity index (χ2v) is 7.95. The van der Waals surface area contributed by atoms with E-state index < -0.39 is 5.97 Å². The van der Waals surface area contributed by atoms with Crippen LogP contribution in [0, 0.1) is 5.92 Å². The lowest BCUT2D eigenvalue weighted by molar-refractivity contribution is -0.143. The highest BCUT2D eigenvalue weighted by Crippen LogP contribution is 2.25. The van der Waals surface area contributed by atoms with Crippen LogP contribution in [0.3, 0.4) is 0 Å². The number of methoxy groups -OCH3 is 1. The van der Waals surface area contributed by atoms with E-state index >= 15 is 0 Å². The number of nitrogens with zero attached hydrogens (tertiary/aromatic N) is 2. The summed E-state index contributed by atoms with van der Waals surface area (Å²) in [6.45, 7) is 2.34. The van der Waals surface area contributed by atoms with E-state index in [0.29, 0.717) is 46.8 Å². The molecule has 1 saturated heterocycles. The molecule has 0 radical (unpaired) electrons. The van der Waals surface area contributed by atoms with Crippen LogP contribution in [0.5, 0.6) is 5.75 Å². The Labute approximate surface area is 198 Å². The highest BCUT2D eigenvalue weighted by Gasteiger charge is 2.25. The maximum atomic E-state index is 11.2. The predicted molar refractivity (Wildman–Crippen MR) is 125 cm³/mol. The number of hydrogen-bond acceptors (Lipinski definition) is 5. The average Bonchev–Trinajstić information content (AvgIpc) is 2.75. The molecule has 31 heavy (non-hydrogen) atoms. The lowest BCUT2D eigenvalue weighted by Gasteiger charge is -2.29. The first-order chi connectivity index (χ1) is 14.5. The minimum atomic E-state index is -0.740. The minimum absolute atomic E-state index is 0. The Morgan fingerprint density at radius 3 is 2.77 bits per heavy atom. The standard InChI is InChI=1S/C22H24Cl2N2O4.ClH/c1-29-18-6-2-4-15(12-18)21(19-8-7-17(23)13-20(19)24)25-30-11-10-26-9-3-5-16(14-26)22(27)28;/h2,4,6-8,12-13,16H,3,5,9-11,14H2,1H3,(H,27,28);1H/t16-;/m1./s1. The highest BCUT2D eigenvalue weighted by atomic mass is 35.5. The van der Waals surface area contributed by atoms with E-state index in [0.717, 1.165) is 24.9 Å². The third-order valence-corrected chi connectivity index (χ3v) is 5.59. The lowest BCUT2D eigenvalue weighted by Crippen LogP contribution is -2.40. The highest BCUT2D eigenvalue weighted by molar-refractivity contribution is 6.37. The minimum Gasteiger partial charge on any atom is -0.497 e. The Kier molecular flexibility index (Phi) is 9.91. The lowest BCUT2D eigenvalue weighted by atomic mass is 9.98. The van der Waals surface area contributed by atoms with Gasteiger partial charge in [0.05, 0.1) is 18.1 Å². The second-order valence-electron chi connectivity index (χ2n) is 7.11. The Morgan fingerprint density at radius 2 is 2.06 bits per heavy atom. The van der Waals surface area contributed by atoms with E-state index in [1.807, 2.05) is 24.3 Å². The van der Waals surface area contributed by atoms with Crippen LogP contribution < -0.4 is 4.74 Å². The van der Waals surface area contributed by atoms with Crippen molar-refractivity contribution in [1.82, 2.24) is 4.90 Å². The fourth-order valence-electron chi connectivity index (χ4n) is 3.45. The number of aliphatic carboxylic acids is 1. The molecule has 1 N–H and O–H groups in total. The zero-order valence-corrected chi connectivity index (χ0v) is 19.4. The Morgan fingerprint density at radius 1 is 1.26 bits per heavy atom. The van der Waals surface area contributed by atoms with Gasteiger partial charge in [0.2, 0.25) is 0 Å². The Balaban J connectivity index is 0.00000341. The molecule has 1 aliphatic heterocycles. The van der Waals surface area contributed by atoms with Gasteiger partial charge in [-0.1, -0.05) is 40.5 Å². The first kappa shape index (κ1) is 25.3. The molecule has 0 aliphatic carbocycles. The van der Waals surface area contributed by atoms with E-state index in [4.69, 9.17) is 32.8 Å². The largest absolute Gasteiger partial charge is 0.497 e. The van der Waals surface area contributed by atoms with E-state index in [-0.39, 0.29) is 18.3 Å². The molecule has 0 bridgehead atoms. The normalized spacial score (nSPS) is 17.0. The number of oxime groups is 1. The quantitative estimate of drug-likeness (QED) is 0.323. The number of hydrogen-bond donors (Lipinski definition) is 1. The number of benzene rings is 2. The van der Waals surface area contributed by atoms with E-state index in [1.54, 1.807) is 25.3 Å². The molecule has 0 unspecified atom stereocenters. The third kappa shape index (κ3) is 7.01. The average molecular weight is 488 g/mol. The van der Waals surface area contributed by atoms with Crippen LogP contribution in [0.2, 0.25) is 10.0 Å². The van der Waals surface area contributed by atoms with Crippen molar-refractivity contribution < 1.29 is 19.5 Å². The zero-order valence-electron chi connectivity index (χ0n) is 17.1. The van der Waals surface area contributed by atoms with Crippen LogP contribution in [0.4, 0.5) is 0 Å². The molecule has 168 valence electrons. The molecule has 0 aromatic heterocycles. The molecule has 3 rings (SSSR count). The molecular formula is C22H25Cl3N2O4. The Hall–Kier alpha value is -1.99. The van der Waals surface area contributed by atoms with Gasteiger partial charge in [0.25, 0.3) is 0 Å². The van der Waals surface area contributed by atoms with E-state index in [1.165, 1.54) is 0 Å². The van der Waals surface area contributed by atoms with Crippen molar-refractivity contribution in [1.29, 1.82) is 0 Å². The number of rotatable bonds is 8. The number of piperidine rings is 1. The van der Waals surface area contributed by atoms with Gasteiger partial charge in [-0.2, -0.15) is 0 Å². The van der Waals surface area contributed by atoms with E-state index in [2.05, 4.69) is 10.1 Å². The fourth-order valence-corrected chi connectivity index (χ4v) is 3.95. The summed E-state index contributed by atoms with van der Waals surface area (Å²) in [5.74, 6) is -0.364. The van der Waals surface area contributed by atoms with Crippen molar-refractivity contribution in [3.8, 4) is 5.75 Å². The summed E-state index contributed by atoms with van der Waals surface area (Å²) in [7, 11) is 1.60. The summed E-state index contributed by atoms with van der Waals surface area (Å²) in [6.07, 6.45) is 1.59. The smallest absolute Gasteiger partial charge is 0.307 e. The van der Waals surface area contributed by atoms with Gasteiger partial charge in [-0.05, 0) is 49.7 Å². The maximum Gasteiger partial charge on any atom is 0.307 e. The van der Waals surface area contributed by atoms with Crippen molar-refractivity contribution in [2.24, 2.45) is 11.1 Å². The summed E-state index contributed by atoms with van der Waals surface area (Å²) in [5.41, 5.74) is 2.05. The predicted octanol–water partition coefficient (Wildman–Crippen LogP) is 4.99. The number of carboxylic acids is 1. The van der Waals surface area contributed by atoms with Gasteiger partial charge in [0.1, 0.15) is 18.1 Å². The molecule has 2 aromatic rings. The van der Waals surface area contributed by atoms with Crippen molar-refractivity contribution in [3.63, 3.8) is 0 Å². The van der Waals surface area contributed by atoms with Crippen molar-refractivity contribution >= 4 is 47.3 Å². The molecule has 0 amide bonds. The number of ether oxygens (including phenoxy) is 1. The van der Waals surface area contributed by atoms with Crippen molar-refractivity contribution in [2.75, 3.05) is 33.4 Å². The van der Waals surface area contributed by atoms with Crippen LogP contribution in [-0.2, 0) is 9.63 Å². The van der Waals surface area contributed by atoms with Gasteiger partial charge in [-0.25, -0.2) is 0 Å². The third-order valence-electron chi connectivity index (χ3n) is 5.04. The van der Waals surface area contributed by atoms with Crippen LogP contribution in [0.1, 0.15) is 24.0 Å². The molecule has 9 heteroatoms. The monoisotopic (exact) mass is 486 g/mol. The first-order valence-electron chi connectivity index (χ1n) is 9.73. The molecule has 1 fully saturated rings. The van der Waals surface area contributed by atoms with Crippen LogP contribution in [0.15, 0.2) is 47.6 Å². The molecule has 1 heterocycles. The fraction of sp³-hybridized carbons (Fsp3) is 0.364. The summed E-state index contributed by atoms with van der Waals surface area (Å²) >= 11 is 12.5. The first-order valence-corrected chi connectivity index (χ1v) is 10.5. The van der Waals surface area contributed by atoms with Gasteiger partial charge < -0.3 is 14.7 Å². The van der Waals surface area contributed by atoms with Gasteiger partial charge in [0.15, 0.2) is 0 Å². The topological polar surface area (TPSA) is 71.4 Å².